The van der Waals surface area contributed by atoms with Gasteiger partial charge in [0.05, 0.1) is 11.4 Å². The molecule has 6 heteroatoms. The van der Waals surface area contributed by atoms with Crippen LogP contribution in [-0.4, -0.2) is 27.5 Å². The van der Waals surface area contributed by atoms with Crippen LogP contribution in [0.4, 0.5) is 5.69 Å². The van der Waals surface area contributed by atoms with Crippen molar-refractivity contribution < 1.29 is 9.90 Å². The van der Waals surface area contributed by atoms with E-state index in [1.54, 1.807) is 35.5 Å². The Kier molecular flexibility index (Phi) is 5.34. The molecule has 2 heterocycles. The number of benzene rings is 1. The lowest BCUT2D eigenvalue weighted by atomic mass is 9.90. The summed E-state index contributed by atoms with van der Waals surface area (Å²) in [5, 5.41) is 11.5. The summed E-state index contributed by atoms with van der Waals surface area (Å²) in [7, 11) is 0. The number of carbonyl (C=O) groups excluding carboxylic acids is 1. The highest BCUT2D eigenvalue weighted by Gasteiger charge is 2.49. The molecule has 1 unspecified atom stereocenters. The Labute approximate surface area is 141 Å². The van der Waals surface area contributed by atoms with E-state index in [9.17, 15) is 9.90 Å². The number of amides is 1. The SMILES string of the molecule is CC.CCN1C(=O)C(O)(Cc2cnccn2)c2cc(Cl)ccc21. The summed E-state index contributed by atoms with van der Waals surface area (Å²) < 4.78 is 0. The summed E-state index contributed by atoms with van der Waals surface area (Å²) in [4.78, 5) is 22.3. The van der Waals surface area contributed by atoms with Crippen LogP contribution >= 0.6 is 11.6 Å². The minimum atomic E-state index is -1.65. The van der Waals surface area contributed by atoms with E-state index in [4.69, 9.17) is 11.6 Å². The Bertz CT molecular complexity index is 693. The quantitative estimate of drug-likeness (QED) is 0.937. The molecule has 23 heavy (non-hydrogen) atoms. The van der Waals surface area contributed by atoms with Crippen molar-refractivity contribution in [2.45, 2.75) is 32.8 Å². The van der Waals surface area contributed by atoms with Crippen LogP contribution in [0, 0.1) is 0 Å². The summed E-state index contributed by atoms with van der Waals surface area (Å²) in [6, 6.07) is 5.11. The Hall–Kier alpha value is -1.98. The molecule has 0 bridgehead atoms. The van der Waals surface area contributed by atoms with Gasteiger partial charge < -0.3 is 10.0 Å². The number of carbonyl (C=O) groups is 1. The monoisotopic (exact) mass is 333 g/mol. The number of rotatable bonds is 3. The maximum absolute atomic E-state index is 12.6. The van der Waals surface area contributed by atoms with E-state index in [0.717, 1.165) is 0 Å². The Morgan fingerprint density at radius 3 is 2.65 bits per heavy atom. The smallest absolute Gasteiger partial charge is 0.264 e. The van der Waals surface area contributed by atoms with Gasteiger partial charge in [0.1, 0.15) is 0 Å². The number of likely N-dealkylation sites (N-methyl/N-ethyl adjacent to an activating group) is 1. The molecule has 2 aromatic rings. The number of halogens is 1. The molecule has 0 aliphatic carbocycles. The molecule has 0 radical (unpaired) electrons. The molecule has 1 atom stereocenters. The summed E-state index contributed by atoms with van der Waals surface area (Å²) in [5.41, 5.74) is 0.120. The van der Waals surface area contributed by atoms with E-state index >= 15 is 0 Å². The topological polar surface area (TPSA) is 66.3 Å². The van der Waals surface area contributed by atoms with Crippen molar-refractivity contribution in [1.29, 1.82) is 0 Å². The second kappa shape index (κ2) is 7.06. The van der Waals surface area contributed by atoms with Crippen LogP contribution in [0.25, 0.3) is 0 Å². The molecule has 0 saturated carbocycles. The number of nitrogens with zero attached hydrogens (tertiary/aromatic N) is 3. The fourth-order valence-corrected chi connectivity index (χ4v) is 2.86. The molecule has 1 N–H and O–H groups in total. The van der Waals surface area contributed by atoms with Crippen molar-refractivity contribution in [1.82, 2.24) is 9.97 Å². The zero-order valence-corrected chi connectivity index (χ0v) is 14.2. The van der Waals surface area contributed by atoms with Crippen molar-refractivity contribution in [2.24, 2.45) is 0 Å². The molecule has 5 nitrogen and oxygen atoms in total. The minimum absolute atomic E-state index is 0.0729. The largest absolute Gasteiger partial charge is 0.375 e. The Balaban J connectivity index is 0.000000924. The van der Waals surface area contributed by atoms with E-state index in [1.807, 2.05) is 20.8 Å². The van der Waals surface area contributed by atoms with Gasteiger partial charge in [0.25, 0.3) is 5.91 Å². The van der Waals surface area contributed by atoms with E-state index in [-0.39, 0.29) is 12.3 Å². The second-order valence-electron chi connectivity index (χ2n) is 4.94. The van der Waals surface area contributed by atoms with Gasteiger partial charge in [0.15, 0.2) is 5.60 Å². The molecule has 1 aromatic heterocycles. The highest BCUT2D eigenvalue weighted by atomic mass is 35.5. The van der Waals surface area contributed by atoms with Crippen LogP contribution in [-0.2, 0) is 16.8 Å². The van der Waals surface area contributed by atoms with Crippen LogP contribution in [0.15, 0.2) is 36.8 Å². The number of fused-ring (bicyclic) bond motifs is 1. The van der Waals surface area contributed by atoms with Crippen LogP contribution in [0.1, 0.15) is 32.0 Å². The van der Waals surface area contributed by atoms with Gasteiger partial charge in [0.2, 0.25) is 0 Å². The fraction of sp³-hybridized carbons (Fsp3) is 0.353. The van der Waals surface area contributed by atoms with Gasteiger partial charge in [-0.2, -0.15) is 0 Å². The minimum Gasteiger partial charge on any atom is -0.375 e. The first-order chi connectivity index (χ1) is 11.1. The van der Waals surface area contributed by atoms with Gasteiger partial charge in [-0.05, 0) is 25.1 Å². The van der Waals surface area contributed by atoms with Crippen molar-refractivity contribution >= 4 is 23.2 Å². The first-order valence-corrected chi connectivity index (χ1v) is 8.03. The lowest BCUT2D eigenvalue weighted by molar-refractivity contribution is -0.136. The summed E-state index contributed by atoms with van der Waals surface area (Å²) in [6.07, 6.45) is 4.70. The number of hydrogen-bond acceptors (Lipinski definition) is 4. The predicted octanol–water partition coefficient (Wildman–Crippen LogP) is 2.95. The molecule has 3 rings (SSSR count). The molecule has 1 aliphatic rings. The van der Waals surface area contributed by atoms with Gasteiger partial charge in [-0.3, -0.25) is 14.8 Å². The average molecular weight is 334 g/mol. The lowest BCUT2D eigenvalue weighted by Crippen LogP contribution is -2.42. The molecular weight excluding hydrogens is 314 g/mol. The van der Waals surface area contributed by atoms with Crippen molar-refractivity contribution in [3.63, 3.8) is 0 Å². The molecule has 1 aromatic carbocycles. The number of anilines is 1. The Morgan fingerprint density at radius 1 is 1.30 bits per heavy atom. The molecule has 122 valence electrons. The highest BCUT2D eigenvalue weighted by molar-refractivity contribution is 6.31. The van der Waals surface area contributed by atoms with Crippen LogP contribution in [0.3, 0.4) is 0 Å². The first kappa shape index (κ1) is 17.4. The average Bonchev–Trinajstić information content (AvgIpc) is 2.78. The maximum Gasteiger partial charge on any atom is 0.264 e. The summed E-state index contributed by atoms with van der Waals surface area (Å²) >= 11 is 6.02. The van der Waals surface area contributed by atoms with Gasteiger partial charge in [0, 0.05) is 42.1 Å². The normalized spacial score (nSPS) is 19.2. The van der Waals surface area contributed by atoms with Crippen LogP contribution < -0.4 is 4.90 Å². The van der Waals surface area contributed by atoms with Crippen molar-refractivity contribution in [3.8, 4) is 0 Å². The maximum atomic E-state index is 12.6. The second-order valence-corrected chi connectivity index (χ2v) is 5.38. The molecule has 0 saturated heterocycles. The molecule has 0 spiro atoms. The van der Waals surface area contributed by atoms with Gasteiger partial charge >= 0.3 is 0 Å². The molecule has 0 fully saturated rings. The fourth-order valence-electron chi connectivity index (χ4n) is 2.69. The number of aromatic nitrogens is 2. The van der Waals surface area contributed by atoms with E-state index < -0.39 is 5.60 Å². The molecule has 1 aliphatic heterocycles. The number of hydrogen-bond donors (Lipinski definition) is 1. The first-order valence-electron chi connectivity index (χ1n) is 7.65. The number of aliphatic hydroxyl groups is 1. The zero-order valence-electron chi connectivity index (χ0n) is 13.5. The van der Waals surface area contributed by atoms with Crippen molar-refractivity contribution in [3.05, 3.63) is 53.1 Å². The third-order valence-electron chi connectivity index (χ3n) is 3.66. The summed E-state index contributed by atoms with van der Waals surface area (Å²) in [6.45, 7) is 6.35. The van der Waals surface area contributed by atoms with E-state index in [2.05, 4.69) is 9.97 Å². The van der Waals surface area contributed by atoms with E-state index in [1.165, 1.54) is 6.20 Å². The van der Waals surface area contributed by atoms with Crippen LogP contribution in [0.2, 0.25) is 5.02 Å². The van der Waals surface area contributed by atoms with Crippen LogP contribution in [0.5, 0.6) is 0 Å². The van der Waals surface area contributed by atoms with Gasteiger partial charge in [-0.15, -0.1) is 0 Å². The zero-order chi connectivity index (χ0) is 17.0. The predicted molar refractivity (Wildman–Crippen MR) is 90.5 cm³/mol. The third kappa shape index (κ3) is 3.07. The lowest BCUT2D eigenvalue weighted by Gasteiger charge is -2.22. The summed E-state index contributed by atoms with van der Waals surface area (Å²) in [5.74, 6) is -0.354. The standard InChI is InChI=1S/C15H14ClN3O2.C2H6/c1-2-19-13-4-3-10(16)7-12(13)15(21,14(19)20)8-11-9-17-5-6-18-11;1-2/h3-7,9,21H,2,8H2,1H3;1-2H3. The highest BCUT2D eigenvalue weighted by Crippen LogP contribution is 2.43. The molecule has 1 amide bonds. The Morgan fingerprint density at radius 2 is 2.04 bits per heavy atom. The van der Waals surface area contributed by atoms with Crippen molar-refractivity contribution in [2.75, 3.05) is 11.4 Å². The van der Waals surface area contributed by atoms with Gasteiger partial charge in [-0.25, -0.2) is 0 Å². The third-order valence-corrected chi connectivity index (χ3v) is 3.90. The van der Waals surface area contributed by atoms with Gasteiger partial charge in [-0.1, -0.05) is 25.4 Å². The van der Waals surface area contributed by atoms with E-state index in [0.29, 0.717) is 28.5 Å². The molecular formula is C17H20ClN3O2.